The summed E-state index contributed by atoms with van der Waals surface area (Å²) in [5.74, 6) is -0.734. The van der Waals surface area contributed by atoms with E-state index in [1.807, 2.05) is 0 Å². The average Bonchev–Trinajstić information content (AvgIpc) is 2.81. The van der Waals surface area contributed by atoms with Crippen LogP contribution in [-0.2, 0) is 9.26 Å². The molecule has 1 heterocycles. The standard InChI is InChI=1S/C20H31NO4Si/c1-20(2,3)26(4,5)25-15-11-7-6-10-14-24-21-18(22)16-12-8-9-13-17(16)19(21)23/h8-9,12-13H,6-7,10-11,14-15H2,1-5H3. The topological polar surface area (TPSA) is 55.8 Å². The third kappa shape index (κ3) is 4.81. The first-order valence-electron chi connectivity index (χ1n) is 9.40. The van der Waals surface area contributed by atoms with Crippen LogP contribution in [0.1, 0.15) is 67.2 Å². The fourth-order valence-electron chi connectivity index (χ4n) is 2.54. The van der Waals surface area contributed by atoms with Gasteiger partial charge in [0.1, 0.15) is 0 Å². The Bertz CT molecular complexity index is 616. The molecule has 144 valence electrons. The highest BCUT2D eigenvalue weighted by molar-refractivity contribution is 6.74. The van der Waals surface area contributed by atoms with Crippen LogP contribution in [0.4, 0.5) is 0 Å². The molecule has 0 spiro atoms. The molecule has 0 atom stereocenters. The summed E-state index contributed by atoms with van der Waals surface area (Å²) in [5, 5.41) is 1.14. The van der Waals surface area contributed by atoms with Crippen LogP contribution in [0.3, 0.4) is 0 Å². The minimum Gasteiger partial charge on any atom is -0.417 e. The molecule has 2 amide bonds. The van der Waals surface area contributed by atoms with Crippen molar-refractivity contribution in [3.63, 3.8) is 0 Å². The number of hydrogen-bond acceptors (Lipinski definition) is 4. The quantitative estimate of drug-likeness (QED) is 0.352. The van der Waals surface area contributed by atoms with Crippen molar-refractivity contribution >= 4 is 20.1 Å². The van der Waals surface area contributed by atoms with E-state index in [0.717, 1.165) is 37.4 Å². The van der Waals surface area contributed by atoms with E-state index in [2.05, 4.69) is 33.9 Å². The molecule has 2 rings (SSSR count). The predicted molar refractivity (Wildman–Crippen MR) is 105 cm³/mol. The normalized spacial score (nSPS) is 14.9. The average molecular weight is 378 g/mol. The fraction of sp³-hybridized carbons (Fsp3) is 0.600. The van der Waals surface area contributed by atoms with Gasteiger partial charge >= 0.3 is 0 Å². The minimum absolute atomic E-state index is 0.243. The van der Waals surface area contributed by atoms with Crippen LogP contribution in [0.2, 0.25) is 18.1 Å². The van der Waals surface area contributed by atoms with Gasteiger partial charge in [-0.2, -0.15) is 0 Å². The summed E-state index contributed by atoms with van der Waals surface area (Å²) in [7, 11) is -1.65. The Morgan fingerprint density at radius 3 is 1.88 bits per heavy atom. The van der Waals surface area contributed by atoms with Gasteiger partial charge in [-0.15, -0.1) is 5.06 Å². The fourth-order valence-corrected chi connectivity index (χ4v) is 3.63. The molecule has 1 aromatic carbocycles. The lowest BCUT2D eigenvalue weighted by Crippen LogP contribution is -2.40. The lowest BCUT2D eigenvalue weighted by Gasteiger charge is -2.36. The highest BCUT2D eigenvalue weighted by atomic mass is 28.4. The number of carbonyl (C=O) groups excluding carboxylic acids is 2. The number of hydrogen-bond donors (Lipinski definition) is 0. The molecule has 0 radical (unpaired) electrons. The summed E-state index contributed by atoms with van der Waals surface area (Å²) >= 11 is 0. The molecule has 0 N–H and O–H groups in total. The summed E-state index contributed by atoms with van der Waals surface area (Å²) < 4.78 is 6.16. The number of hydroxylamine groups is 2. The van der Waals surface area contributed by atoms with Gasteiger partial charge in [0, 0.05) is 6.61 Å². The van der Waals surface area contributed by atoms with Crippen molar-refractivity contribution in [2.75, 3.05) is 13.2 Å². The number of fused-ring (bicyclic) bond motifs is 1. The number of carbonyl (C=O) groups is 2. The van der Waals surface area contributed by atoms with Crippen LogP contribution in [0.15, 0.2) is 24.3 Å². The van der Waals surface area contributed by atoms with E-state index in [9.17, 15) is 9.59 Å². The molecule has 0 aliphatic carbocycles. The molecule has 1 aliphatic rings. The lowest BCUT2D eigenvalue weighted by atomic mass is 10.1. The van der Waals surface area contributed by atoms with Crippen LogP contribution in [0.25, 0.3) is 0 Å². The van der Waals surface area contributed by atoms with E-state index < -0.39 is 8.32 Å². The first-order valence-corrected chi connectivity index (χ1v) is 12.3. The third-order valence-corrected chi connectivity index (χ3v) is 9.82. The summed E-state index contributed by atoms with van der Waals surface area (Å²) in [5.41, 5.74) is 0.834. The molecule has 0 saturated heterocycles. The Balaban J connectivity index is 1.61. The van der Waals surface area contributed by atoms with Gasteiger partial charge in [0.2, 0.25) is 0 Å². The monoisotopic (exact) mass is 377 g/mol. The number of nitrogens with zero attached hydrogens (tertiary/aromatic N) is 1. The van der Waals surface area contributed by atoms with Crippen molar-refractivity contribution in [2.24, 2.45) is 0 Å². The SMILES string of the molecule is CC(C)(C)[Si](C)(C)OCCCCCCON1C(=O)c2ccccc2C1=O. The molecule has 26 heavy (non-hydrogen) atoms. The zero-order chi connectivity index (χ0) is 19.4. The summed E-state index contributed by atoms with van der Waals surface area (Å²) in [6.07, 6.45) is 3.89. The first-order chi connectivity index (χ1) is 12.1. The van der Waals surface area contributed by atoms with Crippen molar-refractivity contribution in [2.45, 2.75) is 64.6 Å². The second-order valence-corrected chi connectivity index (χ2v) is 13.1. The van der Waals surface area contributed by atoms with Crippen molar-refractivity contribution in [1.82, 2.24) is 5.06 Å². The van der Waals surface area contributed by atoms with Crippen LogP contribution in [-0.4, -0.2) is 38.4 Å². The Morgan fingerprint density at radius 1 is 0.885 bits per heavy atom. The smallest absolute Gasteiger partial charge is 0.285 e. The van der Waals surface area contributed by atoms with Gasteiger partial charge in [-0.1, -0.05) is 45.7 Å². The molecule has 0 fully saturated rings. The molecular weight excluding hydrogens is 346 g/mol. The number of benzene rings is 1. The van der Waals surface area contributed by atoms with Crippen LogP contribution in [0.5, 0.6) is 0 Å². The molecule has 0 saturated carbocycles. The molecule has 5 nitrogen and oxygen atoms in total. The molecular formula is C20H31NO4Si. The van der Waals surface area contributed by atoms with Crippen LogP contribution in [0, 0.1) is 0 Å². The second-order valence-electron chi connectivity index (χ2n) is 8.31. The zero-order valence-electron chi connectivity index (χ0n) is 16.6. The molecule has 0 unspecified atom stereocenters. The van der Waals surface area contributed by atoms with Gasteiger partial charge in [0.05, 0.1) is 17.7 Å². The summed E-state index contributed by atoms with van der Waals surface area (Å²) in [6.45, 7) is 12.4. The van der Waals surface area contributed by atoms with Crippen molar-refractivity contribution < 1.29 is 18.9 Å². The Hall–Kier alpha value is -1.50. The largest absolute Gasteiger partial charge is 0.417 e. The predicted octanol–water partition coefficient (Wildman–Crippen LogP) is 4.80. The Labute approximate surface area is 157 Å². The maximum absolute atomic E-state index is 12.2. The van der Waals surface area contributed by atoms with Crippen molar-refractivity contribution in [3.8, 4) is 0 Å². The molecule has 0 bridgehead atoms. The summed E-state index contributed by atoms with van der Waals surface area (Å²) in [4.78, 5) is 29.7. The van der Waals surface area contributed by atoms with Gasteiger partial charge in [-0.3, -0.25) is 14.4 Å². The maximum atomic E-state index is 12.2. The lowest BCUT2D eigenvalue weighted by molar-refractivity contribution is -0.0923. The van der Waals surface area contributed by atoms with E-state index in [-0.39, 0.29) is 16.9 Å². The van der Waals surface area contributed by atoms with Gasteiger partial charge in [0.15, 0.2) is 8.32 Å². The van der Waals surface area contributed by atoms with E-state index in [1.54, 1.807) is 24.3 Å². The van der Waals surface area contributed by atoms with Gasteiger partial charge in [0.25, 0.3) is 11.8 Å². The Morgan fingerprint density at radius 2 is 1.38 bits per heavy atom. The van der Waals surface area contributed by atoms with Gasteiger partial charge < -0.3 is 4.43 Å². The zero-order valence-corrected chi connectivity index (χ0v) is 17.6. The highest BCUT2D eigenvalue weighted by Gasteiger charge is 2.37. The number of imide groups is 1. The van der Waals surface area contributed by atoms with Gasteiger partial charge in [-0.05, 0) is 43.1 Å². The number of rotatable bonds is 9. The van der Waals surface area contributed by atoms with E-state index in [1.165, 1.54) is 0 Å². The van der Waals surface area contributed by atoms with Crippen LogP contribution >= 0.6 is 0 Å². The third-order valence-electron chi connectivity index (χ3n) is 5.28. The summed E-state index contributed by atoms with van der Waals surface area (Å²) in [6, 6.07) is 6.81. The van der Waals surface area contributed by atoms with Crippen molar-refractivity contribution in [1.29, 1.82) is 0 Å². The number of amides is 2. The van der Waals surface area contributed by atoms with Gasteiger partial charge in [-0.25, -0.2) is 0 Å². The molecule has 0 aromatic heterocycles. The van der Waals surface area contributed by atoms with Crippen LogP contribution < -0.4 is 0 Å². The molecule has 1 aromatic rings. The first kappa shape index (κ1) is 20.8. The van der Waals surface area contributed by atoms with Crippen molar-refractivity contribution in [3.05, 3.63) is 35.4 Å². The highest BCUT2D eigenvalue weighted by Crippen LogP contribution is 2.36. The second kappa shape index (κ2) is 8.46. The molecule has 6 heteroatoms. The number of unbranched alkanes of at least 4 members (excludes halogenated alkanes) is 3. The Kier molecular flexibility index (Phi) is 6.77. The maximum Gasteiger partial charge on any atom is 0.285 e. The van der Waals surface area contributed by atoms with E-state index in [4.69, 9.17) is 9.26 Å². The minimum atomic E-state index is -1.65. The van der Waals surface area contributed by atoms with E-state index in [0.29, 0.717) is 17.7 Å². The molecule has 1 aliphatic heterocycles. The van der Waals surface area contributed by atoms with E-state index >= 15 is 0 Å².